The van der Waals surface area contributed by atoms with Crippen molar-refractivity contribution < 1.29 is 27.4 Å². The van der Waals surface area contributed by atoms with Gasteiger partial charge in [0, 0.05) is 6.07 Å². The smallest absolute Gasteiger partial charge is 0.273 e. The first kappa shape index (κ1) is 14.1. The maximum absolute atomic E-state index is 13.3. The Bertz CT molecular complexity index is 823. The lowest BCUT2D eigenvalue weighted by Gasteiger charge is -2.03. The van der Waals surface area contributed by atoms with Crippen LogP contribution in [0.5, 0.6) is 5.75 Å². The number of rotatable bonds is 2. The first-order chi connectivity index (χ1) is 10.4. The van der Waals surface area contributed by atoms with E-state index < -0.39 is 28.9 Å². The van der Waals surface area contributed by atoms with E-state index in [4.69, 9.17) is 4.74 Å². The predicted molar refractivity (Wildman–Crippen MR) is 71.0 cm³/mol. The summed E-state index contributed by atoms with van der Waals surface area (Å²) in [7, 11) is 1.39. The lowest BCUT2D eigenvalue weighted by molar-refractivity contribution is -0.355. The summed E-state index contributed by atoms with van der Waals surface area (Å²) in [5.41, 5.74) is -0.715. The number of fused-ring (bicyclic) bond motifs is 1. The summed E-state index contributed by atoms with van der Waals surface area (Å²) in [6.45, 7) is 0. The molecular formula is C15H8F3NO3. The van der Waals surface area contributed by atoms with Crippen LogP contribution in [0.15, 0.2) is 30.3 Å². The third-order valence-corrected chi connectivity index (χ3v) is 3.34. The Morgan fingerprint density at radius 1 is 1.09 bits per heavy atom. The van der Waals surface area contributed by atoms with E-state index in [1.165, 1.54) is 25.3 Å². The van der Waals surface area contributed by atoms with Crippen LogP contribution in [0.25, 0.3) is 0 Å². The number of hydrogen-bond donors (Lipinski definition) is 0. The van der Waals surface area contributed by atoms with Crippen molar-refractivity contribution in [1.29, 1.82) is 0 Å². The van der Waals surface area contributed by atoms with E-state index in [0.29, 0.717) is 17.9 Å². The van der Waals surface area contributed by atoms with Gasteiger partial charge in [0.25, 0.3) is 11.5 Å². The fourth-order valence-electron chi connectivity index (χ4n) is 2.28. The molecule has 1 aliphatic rings. The van der Waals surface area contributed by atoms with Gasteiger partial charge in [0.1, 0.15) is 11.3 Å². The van der Waals surface area contributed by atoms with Gasteiger partial charge in [-0.15, -0.1) is 0 Å². The molecule has 0 saturated heterocycles. The first-order valence-corrected chi connectivity index (χ1v) is 6.16. The molecule has 0 fully saturated rings. The molecule has 0 amide bonds. The first-order valence-electron chi connectivity index (χ1n) is 6.16. The Kier molecular flexibility index (Phi) is 3.13. The molecule has 1 aliphatic heterocycles. The molecule has 2 aromatic rings. The molecule has 2 aromatic carbocycles. The molecule has 22 heavy (non-hydrogen) atoms. The fourth-order valence-corrected chi connectivity index (χ4v) is 2.28. The second-order valence-electron chi connectivity index (χ2n) is 4.61. The standard InChI is InChI=1S/C15H8F3NO3/c1-22-8-2-3-12-9(6-8)15(20)14(19(12)21)7-4-10(16)13(18)11(17)5-7/h2-6H,1H3. The molecule has 0 atom stereocenters. The molecule has 0 unspecified atom stereocenters. The summed E-state index contributed by atoms with van der Waals surface area (Å²) < 4.78 is 44.9. The van der Waals surface area contributed by atoms with Gasteiger partial charge in [0.2, 0.25) is 5.69 Å². The molecule has 3 rings (SSSR count). The van der Waals surface area contributed by atoms with E-state index in [2.05, 4.69) is 0 Å². The maximum atomic E-state index is 13.3. The third-order valence-electron chi connectivity index (χ3n) is 3.34. The van der Waals surface area contributed by atoms with Crippen LogP contribution in [0.3, 0.4) is 0 Å². The van der Waals surface area contributed by atoms with Crippen molar-refractivity contribution in [2.24, 2.45) is 0 Å². The summed E-state index contributed by atoms with van der Waals surface area (Å²) in [5.74, 6) is -4.96. The molecule has 4 nitrogen and oxygen atoms in total. The molecule has 0 saturated carbocycles. The Morgan fingerprint density at radius 3 is 2.32 bits per heavy atom. The Hall–Kier alpha value is -2.83. The van der Waals surface area contributed by atoms with Crippen LogP contribution in [0.4, 0.5) is 18.9 Å². The Labute approximate surface area is 122 Å². The molecule has 0 aromatic heterocycles. The van der Waals surface area contributed by atoms with Gasteiger partial charge in [-0.1, -0.05) is 0 Å². The number of carbonyl (C=O) groups is 1. The zero-order valence-corrected chi connectivity index (χ0v) is 11.2. The summed E-state index contributed by atoms with van der Waals surface area (Å²) in [4.78, 5) is 12.3. The van der Waals surface area contributed by atoms with Gasteiger partial charge >= 0.3 is 0 Å². The average molecular weight is 307 g/mol. The van der Waals surface area contributed by atoms with Gasteiger partial charge in [0.15, 0.2) is 17.5 Å². The highest BCUT2D eigenvalue weighted by Crippen LogP contribution is 2.31. The van der Waals surface area contributed by atoms with Crippen molar-refractivity contribution in [2.45, 2.75) is 0 Å². The van der Waals surface area contributed by atoms with E-state index in [0.717, 1.165) is 0 Å². The summed E-state index contributed by atoms with van der Waals surface area (Å²) >= 11 is 0. The minimum Gasteiger partial charge on any atom is -0.618 e. The zero-order chi connectivity index (χ0) is 16.0. The minimum atomic E-state index is -1.66. The lowest BCUT2D eigenvalue weighted by Crippen LogP contribution is -2.17. The van der Waals surface area contributed by atoms with Crippen LogP contribution in [0.2, 0.25) is 0 Å². The molecule has 0 N–H and O–H groups in total. The molecule has 0 aliphatic carbocycles. The highest BCUT2D eigenvalue weighted by Gasteiger charge is 2.37. The number of carbonyl (C=O) groups excluding carboxylic acids is 1. The van der Waals surface area contributed by atoms with Gasteiger partial charge in [-0.05, 0) is 24.3 Å². The van der Waals surface area contributed by atoms with Crippen molar-refractivity contribution in [2.75, 3.05) is 7.11 Å². The molecule has 7 heteroatoms. The largest absolute Gasteiger partial charge is 0.618 e. The van der Waals surface area contributed by atoms with Crippen molar-refractivity contribution in [3.05, 3.63) is 64.1 Å². The number of nitrogens with zero attached hydrogens (tertiary/aromatic N) is 1. The van der Waals surface area contributed by atoms with E-state index in [-0.39, 0.29) is 21.6 Å². The minimum absolute atomic E-state index is 0.0333. The van der Waals surface area contributed by atoms with Crippen LogP contribution in [0.1, 0.15) is 15.9 Å². The number of halogens is 3. The SMILES string of the molecule is COc1ccc2c(c1)C(=O)C(c1cc(F)c(F)c(F)c1)=[N+]2[O-]. The quantitative estimate of drug-likeness (QED) is 0.487. The van der Waals surface area contributed by atoms with Crippen LogP contribution in [-0.4, -0.2) is 23.3 Å². The van der Waals surface area contributed by atoms with Crippen LogP contribution < -0.4 is 4.74 Å². The second-order valence-corrected chi connectivity index (χ2v) is 4.61. The maximum Gasteiger partial charge on any atom is 0.273 e. The number of ketones is 1. The number of Topliss-reactive ketones (excluding diaryl/α,β-unsaturated/α-hetero) is 1. The topological polar surface area (TPSA) is 52.4 Å². The van der Waals surface area contributed by atoms with Gasteiger partial charge in [-0.25, -0.2) is 13.2 Å². The van der Waals surface area contributed by atoms with Gasteiger partial charge in [-0.2, -0.15) is 4.74 Å². The highest BCUT2D eigenvalue weighted by molar-refractivity contribution is 6.52. The third kappa shape index (κ3) is 1.93. The number of hydrogen-bond acceptors (Lipinski definition) is 3. The number of methoxy groups -OCH3 is 1. The van der Waals surface area contributed by atoms with E-state index in [9.17, 15) is 23.2 Å². The monoisotopic (exact) mass is 307 g/mol. The second kappa shape index (κ2) is 4.87. The number of ether oxygens (including phenoxy) is 1. The summed E-state index contributed by atoms with van der Waals surface area (Å²) in [6.07, 6.45) is 0. The van der Waals surface area contributed by atoms with Crippen LogP contribution in [0, 0.1) is 22.7 Å². The molecule has 0 bridgehead atoms. The van der Waals surface area contributed by atoms with Crippen LogP contribution in [-0.2, 0) is 0 Å². The van der Waals surface area contributed by atoms with E-state index in [1.54, 1.807) is 0 Å². The van der Waals surface area contributed by atoms with E-state index in [1.807, 2.05) is 0 Å². The molecule has 0 spiro atoms. The predicted octanol–water partition coefficient (Wildman–Crippen LogP) is 2.94. The molecular weight excluding hydrogens is 299 g/mol. The fraction of sp³-hybridized carbons (Fsp3) is 0.0667. The van der Waals surface area contributed by atoms with E-state index >= 15 is 0 Å². The van der Waals surface area contributed by atoms with Crippen molar-refractivity contribution >= 4 is 17.2 Å². The lowest BCUT2D eigenvalue weighted by atomic mass is 10.0. The number of benzene rings is 2. The normalized spacial score (nSPS) is 13.5. The Morgan fingerprint density at radius 2 is 1.73 bits per heavy atom. The van der Waals surface area contributed by atoms with Crippen LogP contribution >= 0.6 is 0 Å². The summed E-state index contributed by atoms with van der Waals surface area (Å²) in [6, 6.07) is 5.42. The van der Waals surface area contributed by atoms with Gasteiger partial charge in [0.05, 0.1) is 12.7 Å². The van der Waals surface area contributed by atoms with Gasteiger partial charge in [-0.3, -0.25) is 4.79 Å². The zero-order valence-electron chi connectivity index (χ0n) is 11.2. The highest BCUT2D eigenvalue weighted by atomic mass is 19.2. The van der Waals surface area contributed by atoms with Crippen molar-refractivity contribution in [3.63, 3.8) is 0 Å². The molecule has 112 valence electrons. The van der Waals surface area contributed by atoms with Crippen molar-refractivity contribution in [1.82, 2.24) is 0 Å². The summed E-state index contributed by atoms with van der Waals surface area (Å²) in [5, 5.41) is 12.2. The average Bonchev–Trinajstić information content (AvgIpc) is 2.75. The molecule has 1 heterocycles. The molecule has 0 radical (unpaired) electrons. The Balaban J connectivity index is 2.17. The van der Waals surface area contributed by atoms with Crippen molar-refractivity contribution in [3.8, 4) is 5.75 Å². The van der Waals surface area contributed by atoms with Gasteiger partial charge < -0.3 is 9.94 Å².